The first-order chi connectivity index (χ1) is 24.6. The Labute approximate surface area is 293 Å². The van der Waals surface area contributed by atoms with E-state index in [-0.39, 0.29) is 5.41 Å². The summed E-state index contributed by atoms with van der Waals surface area (Å²) in [6.07, 6.45) is 0. The van der Waals surface area contributed by atoms with Crippen molar-refractivity contribution in [1.82, 2.24) is 0 Å². The van der Waals surface area contributed by atoms with Crippen LogP contribution in [0.25, 0.3) is 66.4 Å². The van der Waals surface area contributed by atoms with Crippen LogP contribution in [0.5, 0.6) is 0 Å². The molecule has 1 heteroatoms. The Morgan fingerprint density at radius 2 is 0.960 bits per heavy atom. The van der Waals surface area contributed by atoms with Gasteiger partial charge in [0.2, 0.25) is 0 Å². The van der Waals surface area contributed by atoms with Crippen LogP contribution in [0, 0.1) is 0 Å². The average molecular weight is 638 g/mol. The number of rotatable bonds is 5. The minimum Gasteiger partial charge on any atom is -0.310 e. The Hall–Kier alpha value is -6.18. The van der Waals surface area contributed by atoms with Gasteiger partial charge in [-0.1, -0.05) is 159 Å². The summed E-state index contributed by atoms with van der Waals surface area (Å²) in [4.78, 5) is 2.45. The van der Waals surface area contributed by atoms with E-state index in [1.54, 1.807) is 0 Å². The summed E-state index contributed by atoms with van der Waals surface area (Å²) in [5.74, 6) is 0. The van der Waals surface area contributed by atoms with Gasteiger partial charge >= 0.3 is 0 Å². The fraction of sp³-hybridized carbons (Fsp3) is 0.0612. The summed E-state index contributed by atoms with van der Waals surface area (Å²) in [5, 5.41) is 2.58. The fourth-order valence-electron chi connectivity index (χ4n) is 8.66. The van der Waals surface area contributed by atoms with Crippen molar-refractivity contribution in [2.24, 2.45) is 0 Å². The normalized spacial score (nSPS) is 13.2. The van der Waals surface area contributed by atoms with Gasteiger partial charge in [0.05, 0.1) is 5.69 Å². The Morgan fingerprint density at radius 1 is 0.380 bits per heavy atom. The highest BCUT2D eigenvalue weighted by atomic mass is 15.1. The molecule has 10 rings (SSSR count). The van der Waals surface area contributed by atoms with Crippen LogP contribution in [-0.2, 0) is 5.41 Å². The van der Waals surface area contributed by atoms with Crippen molar-refractivity contribution in [2.45, 2.75) is 19.3 Å². The number of hydrogen-bond acceptors (Lipinski definition) is 1. The summed E-state index contributed by atoms with van der Waals surface area (Å²) in [7, 11) is 0. The molecule has 8 aromatic carbocycles. The molecule has 0 unspecified atom stereocenters. The second-order valence-electron chi connectivity index (χ2n) is 14.1. The molecule has 0 bridgehead atoms. The number of nitrogens with zero attached hydrogens (tertiary/aromatic N) is 1. The van der Waals surface area contributed by atoms with Gasteiger partial charge < -0.3 is 4.90 Å². The van der Waals surface area contributed by atoms with Crippen LogP contribution in [0.1, 0.15) is 25.0 Å². The Bertz CT molecular complexity index is 2580. The fourth-order valence-corrected chi connectivity index (χ4v) is 8.66. The summed E-state index contributed by atoms with van der Waals surface area (Å²) >= 11 is 0. The molecule has 0 N–H and O–H groups in total. The third kappa shape index (κ3) is 4.20. The lowest BCUT2D eigenvalue weighted by atomic mass is 9.82. The maximum atomic E-state index is 2.45. The molecule has 0 saturated carbocycles. The van der Waals surface area contributed by atoms with Crippen LogP contribution in [0.3, 0.4) is 0 Å². The molecular formula is C49H35N. The van der Waals surface area contributed by atoms with Crippen LogP contribution in [0.2, 0.25) is 0 Å². The maximum absolute atomic E-state index is 2.45. The van der Waals surface area contributed by atoms with Crippen LogP contribution in [0.15, 0.2) is 176 Å². The van der Waals surface area contributed by atoms with E-state index >= 15 is 0 Å². The third-order valence-corrected chi connectivity index (χ3v) is 11.0. The standard InChI is InChI=1S/C49H35N/c1-49(2)44-23-9-8-19-42(44)48-37(20-12-24-45(48)49)34-15-10-16-36(31-34)50(35-27-25-33(26-28-35)32-13-4-3-5-14-32)46-30-29-41-39-18-7-6-17-38(39)40-21-11-22-43(46)47(40)41/h3-31H,1-2H3. The first-order valence-corrected chi connectivity index (χ1v) is 17.5. The highest BCUT2D eigenvalue weighted by Gasteiger charge is 2.36. The van der Waals surface area contributed by atoms with E-state index in [4.69, 9.17) is 0 Å². The monoisotopic (exact) mass is 637 g/mol. The molecule has 0 fully saturated rings. The Balaban J connectivity index is 1.18. The lowest BCUT2D eigenvalue weighted by Crippen LogP contribution is -2.14. The van der Waals surface area contributed by atoms with Crippen molar-refractivity contribution in [3.05, 3.63) is 187 Å². The Morgan fingerprint density at radius 3 is 1.76 bits per heavy atom. The summed E-state index contributed by atoms with van der Waals surface area (Å²) in [5.41, 5.74) is 19.0. The molecule has 236 valence electrons. The van der Waals surface area contributed by atoms with E-state index in [1.165, 1.54) is 83.2 Å². The molecule has 2 aliphatic rings. The van der Waals surface area contributed by atoms with E-state index in [0.29, 0.717) is 0 Å². The smallest absolute Gasteiger partial charge is 0.0540 e. The van der Waals surface area contributed by atoms with E-state index in [2.05, 4.69) is 195 Å². The topological polar surface area (TPSA) is 3.24 Å². The number of fused-ring (bicyclic) bond motifs is 6. The molecule has 0 spiro atoms. The van der Waals surface area contributed by atoms with Crippen LogP contribution in [-0.4, -0.2) is 0 Å². The minimum atomic E-state index is -0.0473. The third-order valence-electron chi connectivity index (χ3n) is 11.0. The molecule has 0 aromatic heterocycles. The highest BCUT2D eigenvalue weighted by molar-refractivity contribution is 6.19. The molecule has 2 aliphatic carbocycles. The Kier molecular flexibility index (Phi) is 6.29. The second-order valence-corrected chi connectivity index (χ2v) is 14.1. The number of hydrogen-bond donors (Lipinski definition) is 0. The summed E-state index contributed by atoms with van der Waals surface area (Å²) in [6, 6.07) is 64.8. The average Bonchev–Trinajstić information content (AvgIpc) is 3.63. The molecule has 50 heavy (non-hydrogen) atoms. The van der Waals surface area contributed by atoms with Gasteiger partial charge in [0.25, 0.3) is 0 Å². The zero-order valence-corrected chi connectivity index (χ0v) is 28.2. The van der Waals surface area contributed by atoms with Crippen LogP contribution >= 0.6 is 0 Å². The van der Waals surface area contributed by atoms with Crippen LogP contribution in [0.4, 0.5) is 17.1 Å². The van der Waals surface area contributed by atoms with Gasteiger partial charge in [-0.3, -0.25) is 0 Å². The summed E-state index contributed by atoms with van der Waals surface area (Å²) < 4.78 is 0. The molecule has 0 amide bonds. The maximum Gasteiger partial charge on any atom is 0.0540 e. The van der Waals surface area contributed by atoms with Gasteiger partial charge in [0, 0.05) is 22.2 Å². The first kappa shape index (κ1) is 28.8. The zero-order chi connectivity index (χ0) is 33.4. The highest BCUT2D eigenvalue weighted by Crippen LogP contribution is 2.54. The van der Waals surface area contributed by atoms with Crippen molar-refractivity contribution in [1.29, 1.82) is 0 Å². The predicted molar refractivity (Wildman–Crippen MR) is 211 cm³/mol. The summed E-state index contributed by atoms with van der Waals surface area (Å²) in [6.45, 7) is 4.71. The van der Waals surface area contributed by atoms with E-state index in [0.717, 1.165) is 11.4 Å². The molecule has 0 heterocycles. The van der Waals surface area contributed by atoms with Gasteiger partial charge in [0.15, 0.2) is 0 Å². The lowest BCUT2D eigenvalue weighted by Gasteiger charge is -2.28. The van der Waals surface area contributed by atoms with Gasteiger partial charge in [0.1, 0.15) is 0 Å². The zero-order valence-electron chi connectivity index (χ0n) is 28.2. The molecule has 1 nitrogen and oxygen atoms in total. The van der Waals surface area contributed by atoms with E-state index < -0.39 is 0 Å². The molecular weight excluding hydrogens is 603 g/mol. The van der Waals surface area contributed by atoms with E-state index in [1.807, 2.05) is 0 Å². The van der Waals surface area contributed by atoms with Crippen LogP contribution < -0.4 is 4.90 Å². The van der Waals surface area contributed by atoms with Crippen molar-refractivity contribution in [2.75, 3.05) is 4.90 Å². The molecule has 0 radical (unpaired) electrons. The molecule has 8 aromatic rings. The molecule has 0 atom stereocenters. The number of anilines is 3. The van der Waals surface area contributed by atoms with Crippen molar-refractivity contribution >= 4 is 27.8 Å². The predicted octanol–water partition coefficient (Wildman–Crippen LogP) is 13.6. The largest absolute Gasteiger partial charge is 0.310 e. The molecule has 0 saturated heterocycles. The van der Waals surface area contributed by atoms with E-state index in [9.17, 15) is 0 Å². The van der Waals surface area contributed by atoms with Gasteiger partial charge in [-0.05, 0) is 102 Å². The van der Waals surface area contributed by atoms with Crippen molar-refractivity contribution < 1.29 is 0 Å². The first-order valence-electron chi connectivity index (χ1n) is 17.5. The van der Waals surface area contributed by atoms with Crippen molar-refractivity contribution in [3.63, 3.8) is 0 Å². The van der Waals surface area contributed by atoms with Gasteiger partial charge in [-0.15, -0.1) is 0 Å². The van der Waals surface area contributed by atoms with Gasteiger partial charge in [-0.2, -0.15) is 0 Å². The number of benzene rings is 8. The van der Waals surface area contributed by atoms with Crippen molar-refractivity contribution in [3.8, 4) is 55.6 Å². The second kappa shape index (κ2) is 10.9. The quantitative estimate of drug-likeness (QED) is 0.181. The SMILES string of the molecule is CC1(C)c2ccccc2-c2c(-c3cccc(N(c4ccc(-c5ccccc5)cc4)c4ccc5c6c(cccc46)-c4ccccc4-5)c3)cccc21. The lowest BCUT2D eigenvalue weighted by molar-refractivity contribution is 0.660. The molecule has 0 aliphatic heterocycles. The minimum absolute atomic E-state index is 0.0473. The van der Waals surface area contributed by atoms with Gasteiger partial charge in [-0.25, -0.2) is 0 Å².